The Morgan fingerprint density at radius 2 is 1.45 bits per heavy atom. The number of esters is 1. The van der Waals surface area contributed by atoms with E-state index in [4.69, 9.17) is 9.47 Å². The van der Waals surface area contributed by atoms with Crippen LogP contribution in [-0.2, 0) is 27.4 Å². The molecule has 4 rings (SSSR count). The van der Waals surface area contributed by atoms with Gasteiger partial charge in [-0.1, -0.05) is 66.7 Å². The van der Waals surface area contributed by atoms with E-state index in [0.29, 0.717) is 12.1 Å². The lowest BCUT2D eigenvalue weighted by Crippen LogP contribution is -2.35. The molecule has 1 aliphatic rings. The van der Waals surface area contributed by atoms with E-state index in [1.165, 1.54) is 5.56 Å². The Morgan fingerprint density at radius 3 is 2.15 bits per heavy atom. The molecule has 6 heteroatoms. The maximum absolute atomic E-state index is 12.3. The van der Waals surface area contributed by atoms with Gasteiger partial charge in [0.25, 0.3) is 5.91 Å². The van der Waals surface area contributed by atoms with Crippen molar-refractivity contribution in [2.24, 2.45) is 0 Å². The number of carbonyl (C=O) groups excluding carboxylic acids is 2. The third-order valence-corrected chi connectivity index (χ3v) is 5.58. The fraction of sp³-hybridized carbons (Fsp3) is 0.259. The maximum Gasteiger partial charge on any atom is 0.338 e. The zero-order chi connectivity index (χ0) is 22.9. The minimum absolute atomic E-state index is 0.311. The van der Waals surface area contributed by atoms with E-state index < -0.39 is 5.97 Å². The van der Waals surface area contributed by atoms with E-state index in [2.05, 4.69) is 22.3 Å². The summed E-state index contributed by atoms with van der Waals surface area (Å²) in [5, 5.41) is 2.79. The van der Waals surface area contributed by atoms with Gasteiger partial charge in [0, 0.05) is 26.2 Å². The molecule has 0 saturated carbocycles. The summed E-state index contributed by atoms with van der Waals surface area (Å²) in [7, 11) is 0. The van der Waals surface area contributed by atoms with Crippen LogP contribution in [0.15, 0.2) is 78.9 Å². The molecule has 1 fully saturated rings. The van der Waals surface area contributed by atoms with Crippen molar-refractivity contribution in [1.29, 1.82) is 0 Å². The number of amides is 1. The number of nitrogens with one attached hydrogen (secondary N) is 1. The predicted octanol–water partition coefficient (Wildman–Crippen LogP) is 3.66. The Hall–Kier alpha value is -3.48. The monoisotopic (exact) mass is 444 g/mol. The molecule has 0 aliphatic carbocycles. The van der Waals surface area contributed by atoms with E-state index in [9.17, 15) is 9.59 Å². The van der Waals surface area contributed by atoms with Gasteiger partial charge in [-0.25, -0.2) is 4.79 Å². The third-order valence-electron chi connectivity index (χ3n) is 5.58. The zero-order valence-corrected chi connectivity index (χ0v) is 18.5. The number of ether oxygens (including phenoxy) is 2. The Bertz CT molecular complexity index is 1040. The van der Waals surface area contributed by atoms with Gasteiger partial charge in [0.2, 0.25) is 0 Å². The second-order valence-corrected chi connectivity index (χ2v) is 8.00. The molecule has 1 aliphatic heterocycles. The summed E-state index contributed by atoms with van der Waals surface area (Å²) in [4.78, 5) is 26.7. The van der Waals surface area contributed by atoms with E-state index in [1.54, 1.807) is 12.1 Å². The Kier molecular flexibility index (Phi) is 7.85. The van der Waals surface area contributed by atoms with E-state index in [1.807, 2.05) is 54.6 Å². The summed E-state index contributed by atoms with van der Waals surface area (Å²) in [6.07, 6.45) is 0. The minimum atomic E-state index is -0.516. The zero-order valence-electron chi connectivity index (χ0n) is 18.5. The fourth-order valence-electron chi connectivity index (χ4n) is 3.68. The van der Waals surface area contributed by atoms with Crippen molar-refractivity contribution < 1.29 is 19.1 Å². The topological polar surface area (TPSA) is 67.9 Å². The standard InChI is InChI=1S/C27H28N2O4/c30-26(28-18-21-6-8-22(9-7-21)19-29-14-16-32-17-15-29)20-33-27(31)25-12-10-24(11-13-25)23-4-2-1-3-5-23/h1-13H,14-20H2,(H,28,30). The number of hydrogen-bond acceptors (Lipinski definition) is 5. The van der Waals surface area contributed by atoms with Gasteiger partial charge in [-0.3, -0.25) is 9.69 Å². The lowest BCUT2D eigenvalue weighted by molar-refractivity contribution is -0.124. The van der Waals surface area contributed by atoms with Gasteiger partial charge in [-0.2, -0.15) is 0 Å². The molecular formula is C27H28N2O4. The maximum atomic E-state index is 12.3. The van der Waals surface area contributed by atoms with Gasteiger partial charge in [-0.05, 0) is 34.4 Å². The molecule has 0 bridgehead atoms. The van der Waals surface area contributed by atoms with Gasteiger partial charge >= 0.3 is 5.97 Å². The first-order chi connectivity index (χ1) is 16.2. The smallest absolute Gasteiger partial charge is 0.338 e. The van der Waals surface area contributed by atoms with Gasteiger partial charge in [0.15, 0.2) is 6.61 Å². The van der Waals surface area contributed by atoms with Crippen molar-refractivity contribution in [3.63, 3.8) is 0 Å². The number of carbonyl (C=O) groups is 2. The highest BCUT2D eigenvalue weighted by Crippen LogP contribution is 2.19. The van der Waals surface area contributed by atoms with Crippen LogP contribution in [0.5, 0.6) is 0 Å². The highest BCUT2D eigenvalue weighted by Gasteiger charge is 2.12. The van der Waals surface area contributed by atoms with Crippen LogP contribution in [0.4, 0.5) is 0 Å². The second-order valence-electron chi connectivity index (χ2n) is 8.00. The molecule has 1 amide bonds. The first-order valence-electron chi connectivity index (χ1n) is 11.1. The van der Waals surface area contributed by atoms with Gasteiger partial charge in [-0.15, -0.1) is 0 Å². The largest absolute Gasteiger partial charge is 0.452 e. The predicted molar refractivity (Wildman–Crippen MR) is 127 cm³/mol. The van der Waals surface area contributed by atoms with Crippen molar-refractivity contribution >= 4 is 11.9 Å². The van der Waals surface area contributed by atoms with E-state index in [-0.39, 0.29) is 12.5 Å². The Labute approximate surface area is 194 Å². The van der Waals surface area contributed by atoms with E-state index in [0.717, 1.165) is 49.5 Å². The summed E-state index contributed by atoms with van der Waals surface area (Å²) in [5.41, 5.74) is 4.74. The van der Waals surface area contributed by atoms with Crippen molar-refractivity contribution in [3.8, 4) is 11.1 Å². The van der Waals surface area contributed by atoms with Crippen LogP contribution in [0.25, 0.3) is 11.1 Å². The first kappa shape index (κ1) is 22.7. The number of benzene rings is 3. The molecule has 170 valence electrons. The first-order valence-corrected chi connectivity index (χ1v) is 11.1. The fourth-order valence-corrected chi connectivity index (χ4v) is 3.68. The van der Waals surface area contributed by atoms with E-state index >= 15 is 0 Å². The molecule has 0 radical (unpaired) electrons. The molecule has 1 saturated heterocycles. The molecule has 6 nitrogen and oxygen atoms in total. The molecule has 0 spiro atoms. The Morgan fingerprint density at radius 1 is 0.818 bits per heavy atom. The van der Waals surface area contributed by atoms with Crippen LogP contribution in [0.2, 0.25) is 0 Å². The van der Waals surface area contributed by atoms with Gasteiger partial charge in [0.05, 0.1) is 18.8 Å². The van der Waals surface area contributed by atoms with Gasteiger partial charge in [0.1, 0.15) is 0 Å². The van der Waals surface area contributed by atoms with Crippen molar-refractivity contribution in [3.05, 3.63) is 95.6 Å². The van der Waals surface area contributed by atoms with Crippen LogP contribution in [0, 0.1) is 0 Å². The summed E-state index contributed by atoms with van der Waals surface area (Å²) in [6, 6.07) is 25.3. The molecule has 3 aromatic rings. The molecule has 0 atom stereocenters. The molecule has 3 aromatic carbocycles. The summed E-state index contributed by atoms with van der Waals surface area (Å²) in [5.74, 6) is -0.848. The number of nitrogens with zero attached hydrogens (tertiary/aromatic N) is 1. The minimum Gasteiger partial charge on any atom is -0.452 e. The molecular weight excluding hydrogens is 416 g/mol. The number of rotatable bonds is 8. The highest BCUT2D eigenvalue weighted by atomic mass is 16.5. The molecule has 1 heterocycles. The normalized spacial score (nSPS) is 13.9. The van der Waals surface area contributed by atoms with Crippen LogP contribution >= 0.6 is 0 Å². The van der Waals surface area contributed by atoms with Crippen LogP contribution in [0.3, 0.4) is 0 Å². The summed E-state index contributed by atoms with van der Waals surface area (Å²) >= 11 is 0. The number of morpholine rings is 1. The highest BCUT2D eigenvalue weighted by molar-refractivity contribution is 5.91. The molecule has 33 heavy (non-hydrogen) atoms. The van der Waals surface area contributed by atoms with Crippen molar-refractivity contribution in [2.75, 3.05) is 32.9 Å². The Balaban J connectivity index is 1.19. The number of hydrogen-bond donors (Lipinski definition) is 1. The quantitative estimate of drug-likeness (QED) is 0.537. The van der Waals surface area contributed by atoms with Crippen molar-refractivity contribution in [1.82, 2.24) is 10.2 Å². The van der Waals surface area contributed by atoms with Crippen molar-refractivity contribution in [2.45, 2.75) is 13.1 Å². The van der Waals surface area contributed by atoms with Crippen LogP contribution in [0.1, 0.15) is 21.5 Å². The molecule has 1 N–H and O–H groups in total. The third kappa shape index (κ3) is 6.75. The SMILES string of the molecule is O=C(COC(=O)c1ccc(-c2ccccc2)cc1)NCc1ccc(CN2CCOCC2)cc1. The van der Waals surface area contributed by atoms with Crippen LogP contribution < -0.4 is 5.32 Å². The van der Waals surface area contributed by atoms with Crippen LogP contribution in [-0.4, -0.2) is 49.7 Å². The summed E-state index contributed by atoms with van der Waals surface area (Å²) < 4.78 is 10.5. The summed E-state index contributed by atoms with van der Waals surface area (Å²) in [6.45, 7) is 4.45. The molecule has 0 unspecified atom stereocenters. The average Bonchev–Trinajstić information content (AvgIpc) is 2.88. The van der Waals surface area contributed by atoms with Gasteiger partial charge < -0.3 is 14.8 Å². The molecule has 0 aromatic heterocycles. The average molecular weight is 445 g/mol. The lowest BCUT2D eigenvalue weighted by atomic mass is 10.0. The lowest BCUT2D eigenvalue weighted by Gasteiger charge is -2.26. The second kappa shape index (κ2) is 11.4.